The number of anilines is 1. The summed E-state index contributed by atoms with van der Waals surface area (Å²) in [5.41, 5.74) is 4.37. The van der Waals surface area contributed by atoms with Crippen molar-refractivity contribution in [3.8, 4) is 0 Å². The second-order valence-electron chi connectivity index (χ2n) is 5.51. The number of hydrogen-bond acceptors (Lipinski definition) is 2. The van der Waals surface area contributed by atoms with Crippen molar-refractivity contribution in [1.29, 1.82) is 0 Å². The van der Waals surface area contributed by atoms with E-state index in [1.54, 1.807) is 0 Å². The van der Waals surface area contributed by atoms with Crippen LogP contribution >= 0.6 is 22.6 Å². The van der Waals surface area contributed by atoms with Crippen LogP contribution in [0.3, 0.4) is 0 Å². The van der Waals surface area contributed by atoms with Gasteiger partial charge in [0.25, 0.3) is 0 Å². The molecular weight excluding hydrogens is 377 g/mol. The largest absolute Gasteiger partial charge is 0.306 e. The van der Waals surface area contributed by atoms with Crippen LogP contribution in [0, 0.1) is 10.5 Å². The zero-order valence-corrected chi connectivity index (χ0v) is 14.4. The molecule has 0 aliphatic carbocycles. The van der Waals surface area contributed by atoms with E-state index in [2.05, 4.69) is 45.9 Å². The molecule has 0 N–H and O–H groups in total. The number of nitrogens with zero attached hydrogens (tertiary/aromatic N) is 3. The van der Waals surface area contributed by atoms with Crippen molar-refractivity contribution in [1.82, 2.24) is 9.78 Å². The molecule has 1 aromatic heterocycles. The molecular formula is C16H18IN3O. The van der Waals surface area contributed by atoms with E-state index in [1.807, 2.05) is 29.6 Å². The van der Waals surface area contributed by atoms with E-state index in [0.29, 0.717) is 13.0 Å². The minimum absolute atomic E-state index is 0.203. The lowest BCUT2D eigenvalue weighted by Gasteiger charge is -2.23. The Kier molecular flexibility index (Phi) is 4.01. The number of hydrogen-bond donors (Lipinski definition) is 0. The standard InChI is InChI=1S/C16H18IN3O/c1-11-8-14(19(2)18-11)10-20-15-7-6-13(17)9-12(15)4-3-5-16(20)21/h6-9H,3-5,10H2,1-2H3. The monoisotopic (exact) mass is 395 g/mol. The maximum absolute atomic E-state index is 12.5. The van der Waals surface area contributed by atoms with Gasteiger partial charge < -0.3 is 4.90 Å². The van der Waals surface area contributed by atoms with Gasteiger partial charge in [-0.1, -0.05) is 0 Å². The zero-order valence-electron chi connectivity index (χ0n) is 12.3. The SMILES string of the molecule is Cc1cc(CN2C(=O)CCCc3cc(I)ccc32)n(C)n1. The molecule has 1 aliphatic heterocycles. The van der Waals surface area contributed by atoms with E-state index in [1.165, 1.54) is 9.13 Å². The van der Waals surface area contributed by atoms with Gasteiger partial charge in [0, 0.05) is 22.7 Å². The van der Waals surface area contributed by atoms with Gasteiger partial charge in [0.1, 0.15) is 0 Å². The molecule has 3 rings (SSSR count). The molecule has 0 saturated heterocycles. The summed E-state index contributed by atoms with van der Waals surface area (Å²) in [5.74, 6) is 0.203. The van der Waals surface area contributed by atoms with Gasteiger partial charge in [0.2, 0.25) is 5.91 Å². The van der Waals surface area contributed by atoms with Gasteiger partial charge in [-0.05, 0) is 72.2 Å². The summed E-state index contributed by atoms with van der Waals surface area (Å²) in [7, 11) is 1.93. The summed E-state index contributed by atoms with van der Waals surface area (Å²) in [6, 6.07) is 8.38. The van der Waals surface area contributed by atoms with Gasteiger partial charge in [0.05, 0.1) is 17.9 Å². The Morgan fingerprint density at radius 2 is 2.10 bits per heavy atom. The molecule has 1 aromatic carbocycles. The molecule has 0 bridgehead atoms. The molecule has 4 nitrogen and oxygen atoms in total. The first-order valence-electron chi connectivity index (χ1n) is 7.13. The van der Waals surface area contributed by atoms with Gasteiger partial charge in [-0.15, -0.1) is 0 Å². The van der Waals surface area contributed by atoms with E-state index in [9.17, 15) is 4.79 Å². The fourth-order valence-electron chi connectivity index (χ4n) is 2.86. The molecule has 21 heavy (non-hydrogen) atoms. The third kappa shape index (κ3) is 2.97. The third-order valence-corrected chi connectivity index (χ3v) is 4.56. The maximum atomic E-state index is 12.5. The molecule has 0 saturated carbocycles. The highest BCUT2D eigenvalue weighted by atomic mass is 127. The first kappa shape index (κ1) is 14.6. The summed E-state index contributed by atoms with van der Waals surface area (Å²) >= 11 is 2.33. The first-order valence-corrected chi connectivity index (χ1v) is 8.21. The molecule has 0 unspecified atom stereocenters. The lowest BCUT2D eigenvalue weighted by molar-refractivity contribution is -0.118. The second-order valence-corrected chi connectivity index (χ2v) is 6.75. The van der Waals surface area contributed by atoms with E-state index in [4.69, 9.17) is 0 Å². The van der Waals surface area contributed by atoms with Crippen LogP contribution < -0.4 is 4.90 Å². The molecule has 2 aromatic rings. The first-order chi connectivity index (χ1) is 10.0. The summed E-state index contributed by atoms with van der Waals surface area (Å²) in [6.45, 7) is 2.56. The summed E-state index contributed by atoms with van der Waals surface area (Å²) in [6.07, 6.45) is 2.51. The van der Waals surface area contributed by atoms with Crippen molar-refractivity contribution < 1.29 is 4.79 Å². The Morgan fingerprint density at radius 3 is 2.81 bits per heavy atom. The number of aryl methyl sites for hydroxylation is 3. The zero-order chi connectivity index (χ0) is 15.0. The van der Waals surface area contributed by atoms with Crippen molar-refractivity contribution in [2.75, 3.05) is 4.90 Å². The van der Waals surface area contributed by atoms with Crippen LogP contribution in [0.25, 0.3) is 0 Å². The van der Waals surface area contributed by atoms with Gasteiger partial charge in [0.15, 0.2) is 0 Å². The van der Waals surface area contributed by atoms with Gasteiger partial charge >= 0.3 is 0 Å². The van der Waals surface area contributed by atoms with Crippen LogP contribution in [0.2, 0.25) is 0 Å². The van der Waals surface area contributed by atoms with Crippen molar-refractivity contribution in [3.05, 3.63) is 44.8 Å². The Balaban J connectivity index is 1.99. The molecule has 1 aliphatic rings. The van der Waals surface area contributed by atoms with Crippen molar-refractivity contribution in [2.45, 2.75) is 32.7 Å². The van der Waals surface area contributed by atoms with Crippen LogP contribution in [0.5, 0.6) is 0 Å². The molecule has 2 heterocycles. The van der Waals surface area contributed by atoms with Crippen molar-refractivity contribution in [3.63, 3.8) is 0 Å². The van der Waals surface area contributed by atoms with E-state index >= 15 is 0 Å². The molecule has 5 heteroatoms. The van der Waals surface area contributed by atoms with Crippen LogP contribution in [0.4, 0.5) is 5.69 Å². The van der Waals surface area contributed by atoms with Crippen LogP contribution in [0.1, 0.15) is 29.8 Å². The number of carbonyl (C=O) groups is 1. The quantitative estimate of drug-likeness (QED) is 0.733. The molecule has 0 radical (unpaired) electrons. The smallest absolute Gasteiger partial charge is 0.227 e. The fraction of sp³-hybridized carbons (Fsp3) is 0.375. The van der Waals surface area contributed by atoms with Gasteiger partial charge in [-0.25, -0.2) is 0 Å². The maximum Gasteiger partial charge on any atom is 0.227 e. The Bertz CT molecular complexity index is 693. The predicted octanol–water partition coefficient (Wildman–Crippen LogP) is 3.20. The second kappa shape index (κ2) is 5.79. The van der Waals surface area contributed by atoms with Crippen molar-refractivity contribution >= 4 is 34.2 Å². The van der Waals surface area contributed by atoms with E-state index < -0.39 is 0 Å². The molecule has 110 valence electrons. The highest BCUT2D eigenvalue weighted by molar-refractivity contribution is 14.1. The van der Waals surface area contributed by atoms with Crippen LogP contribution in [-0.4, -0.2) is 15.7 Å². The number of halogens is 1. The van der Waals surface area contributed by atoms with Gasteiger partial charge in [-0.3, -0.25) is 9.48 Å². The number of aromatic nitrogens is 2. The number of fused-ring (bicyclic) bond motifs is 1. The van der Waals surface area contributed by atoms with Crippen molar-refractivity contribution in [2.24, 2.45) is 7.05 Å². The number of benzene rings is 1. The summed E-state index contributed by atoms with van der Waals surface area (Å²) in [4.78, 5) is 14.4. The molecule has 1 amide bonds. The normalized spacial score (nSPS) is 15.0. The fourth-order valence-corrected chi connectivity index (χ4v) is 3.42. The Hall–Kier alpha value is -1.37. The third-order valence-electron chi connectivity index (χ3n) is 3.89. The van der Waals surface area contributed by atoms with Crippen LogP contribution in [-0.2, 0) is 24.8 Å². The Morgan fingerprint density at radius 1 is 1.29 bits per heavy atom. The number of amides is 1. The minimum Gasteiger partial charge on any atom is -0.306 e. The summed E-state index contributed by atoms with van der Waals surface area (Å²) < 4.78 is 3.08. The van der Waals surface area contributed by atoms with E-state index in [-0.39, 0.29) is 5.91 Å². The van der Waals surface area contributed by atoms with Crippen LogP contribution in [0.15, 0.2) is 24.3 Å². The topological polar surface area (TPSA) is 38.1 Å². The average molecular weight is 395 g/mol. The highest BCUT2D eigenvalue weighted by Gasteiger charge is 2.23. The molecule has 0 spiro atoms. The Labute approximate surface area is 138 Å². The predicted molar refractivity (Wildman–Crippen MR) is 91.2 cm³/mol. The van der Waals surface area contributed by atoms with Gasteiger partial charge in [-0.2, -0.15) is 5.10 Å². The average Bonchev–Trinajstić information content (AvgIpc) is 2.66. The lowest BCUT2D eigenvalue weighted by atomic mass is 10.1. The highest BCUT2D eigenvalue weighted by Crippen LogP contribution is 2.29. The minimum atomic E-state index is 0.203. The number of carbonyl (C=O) groups excluding carboxylic acids is 1. The van der Waals surface area contributed by atoms with E-state index in [0.717, 1.165) is 29.9 Å². The molecule has 0 fully saturated rings. The number of rotatable bonds is 2. The lowest BCUT2D eigenvalue weighted by Crippen LogP contribution is -2.30. The summed E-state index contributed by atoms with van der Waals surface area (Å²) in [5, 5.41) is 4.37. The molecule has 0 atom stereocenters.